The van der Waals surface area contributed by atoms with Crippen molar-refractivity contribution >= 4 is 0 Å². The fraction of sp³-hybridized carbons (Fsp3) is 1.00. The van der Waals surface area contributed by atoms with Gasteiger partial charge in [-0.3, -0.25) is 4.90 Å². The van der Waals surface area contributed by atoms with E-state index < -0.39 is 0 Å². The Bertz CT molecular complexity index is 197. The molecule has 1 saturated carbocycles. The summed E-state index contributed by atoms with van der Waals surface area (Å²) in [6.45, 7) is 9.71. The molecule has 2 fully saturated rings. The van der Waals surface area contributed by atoms with Crippen LogP contribution in [0.25, 0.3) is 0 Å². The largest absolute Gasteiger partial charge is 0.314 e. The fourth-order valence-electron chi connectivity index (χ4n) is 3.56. The predicted octanol–water partition coefficient (Wildman–Crippen LogP) is 2.50. The van der Waals surface area contributed by atoms with Gasteiger partial charge in [0.25, 0.3) is 0 Å². The summed E-state index contributed by atoms with van der Waals surface area (Å²) in [6, 6.07) is 0.901. The minimum Gasteiger partial charge on any atom is -0.314 e. The van der Waals surface area contributed by atoms with Crippen LogP contribution in [0.4, 0.5) is 0 Å². The van der Waals surface area contributed by atoms with Gasteiger partial charge < -0.3 is 5.32 Å². The lowest BCUT2D eigenvalue weighted by Crippen LogP contribution is -2.51. The van der Waals surface area contributed by atoms with Crippen molar-refractivity contribution in [2.45, 2.75) is 52.0 Å². The second kappa shape index (κ2) is 6.02. The molecule has 2 heteroatoms. The van der Waals surface area contributed by atoms with Gasteiger partial charge in [-0.15, -0.1) is 0 Å². The molecule has 1 heterocycles. The highest BCUT2D eigenvalue weighted by molar-refractivity contribution is 4.86. The zero-order valence-corrected chi connectivity index (χ0v) is 11.0. The highest BCUT2D eigenvalue weighted by Crippen LogP contribution is 2.32. The Hall–Kier alpha value is -0.0800. The Balaban J connectivity index is 1.92. The SMILES string of the molecule is CC(C)CC1CCCCC1N1CCNCC1. The van der Waals surface area contributed by atoms with Crippen LogP contribution in [0.15, 0.2) is 0 Å². The molecule has 2 unspecified atom stereocenters. The van der Waals surface area contributed by atoms with Crippen molar-refractivity contribution in [3.63, 3.8) is 0 Å². The average Bonchev–Trinajstić information content (AvgIpc) is 2.30. The first-order valence-corrected chi connectivity index (χ1v) is 7.22. The maximum absolute atomic E-state index is 3.47. The molecule has 0 aromatic rings. The molecule has 0 radical (unpaired) electrons. The summed E-state index contributed by atoms with van der Waals surface area (Å²) in [5.41, 5.74) is 0. The van der Waals surface area contributed by atoms with Crippen LogP contribution in [0.1, 0.15) is 46.0 Å². The van der Waals surface area contributed by atoms with E-state index >= 15 is 0 Å². The van der Waals surface area contributed by atoms with Gasteiger partial charge in [0.2, 0.25) is 0 Å². The molecule has 1 aliphatic carbocycles. The monoisotopic (exact) mass is 224 g/mol. The van der Waals surface area contributed by atoms with Gasteiger partial charge in [0.1, 0.15) is 0 Å². The third-order valence-corrected chi connectivity index (χ3v) is 4.26. The van der Waals surface area contributed by atoms with E-state index in [4.69, 9.17) is 0 Å². The van der Waals surface area contributed by atoms with E-state index in [2.05, 4.69) is 24.1 Å². The molecule has 16 heavy (non-hydrogen) atoms. The molecule has 2 aliphatic rings. The number of hydrogen-bond donors (Lipinski definition) is 1. The maximum Gasteiger partial charge on any atom is 0.0125 e. The zero-order valence-electron chi connectivity index (χ0n) is 11.0. The van der Waals surface area contributed by atoms with Crippen LogP contribution < -0.4 is 5.32 Å². The molecule has 0 aromatic heterocycles. The summed E-state index contributed by atoms with van der Waals surface area (Å²) in [5.74, 6) is 1.85. The normalized spacial score (nSPS) is 33.2. The lowest BCUT2D eigenvalue weighted by atomic mass is 9.79. The second-order valence-corrected chi connectivity index (χ2v) is 6.03. The van der Waals surface area contributed by atoms with Gasteiger partial charge in [-0.2, -0.15) is 0 Å². The third-order valence-electron chi connectivity index (χ3n) is 4.26. The summed E-state index contributed by atoms with van der Waals surface area (Å²) in [7, 11) is 0. The van der Waals surface area contributed by atoms with Crippen molar-refractivity contribution in [2.75, 3.05) is 26.2 Å². The Kier molecular flexibility index (Phi) is 4.66. The van der Waals surface area contributed by atoms with Crippen molar-refractivity contribution in [3.05, 3.63) is 0 Å². The molecule has 2 nitrogen and oxygen atoms in total. The maximum atomic E-state index is 3.47. The molecule has 0 aromatic carbocycles. The minimum absolute atomic E-state index is 0.869. The molecule has 94 valence electrons. The Labute approximate surface area is 101 Å². The first kappa shape index (κ1) is 12.4. The van der Waals surface area contributed by atoms with Gasteiger partial charge in [-0.05, 0) is 31.1 Å². The smallest absolute Gasteiger partial charge is 0.0125 e. The fourth-order valence-corrected chi connectivity index (χ4v) is 3.56. The molecule has 2 atom stereocenters. The summed E-state index contributed by atoms with van der Waals surface area (Å²) >= 11 is 0. The van der Waals surface area contributed by atoms with E-state index in [0.717, 1.165) is 17.9 Å². The first-order chi connectivity index (χ1) is 7.77. The molecule has 0 spiro atoms. The summed E-state index contributed by atoms with van der Waals surface area (Å²) in [5, 5.41) is 3.47. The van der Waals surface area contributed by atoms with E-state index in [1.807, 2.05) is 0 Å². The highest BCUT2D eigenvalue weighted by atomic mass is 15.2. The molecule has 1 N–H and O–H groups in total. The van der Waals surface area contributed by atoms with Crippen LogP contribution in [-0.2, 0) is 0 Å². The van der Waals surface area contributed by atoms with Gasteiger partial charge in [0.15, 0.2) is 0 Å². The van der Waals surface area contributed by atoms with Crippen LogP contribution in [0.3, 0.4) is 0 Å². The van der Waals surface area contributed by atoms with Gasteiger partial charge in [0, 0.05) is 32.2 Å². The van der Waals surface area contributed by atoms with Gasteiger partial charge in [0.05, 0.1) is 0 Å². The molecule has 0 bridgehead atoms. The Morgan fingerprint density at radius 1 is 1.12 bits per heavy atom. The van der Waals surface area contributed by atoms with Crippen LogP contribution in [0.5, 0.6) is 0 Å². The van der Waals surface area contributed by atoms with Crippen LogP contribution in [-0.4, -0.2) is 37.1 Å². The van der Waals surface area contributed by atoms with Crippen molar-refractivity contribution in [2.24, 2.45) is 11.8 Å². The quantitative estimate of drug-likeness (QED) is 0.792. The second-order valence-electron chi connectivity index (χ2n) is 6.03. The molecule has 0 amide bonds. The van der Waals surface area contributed by atoms with E-state index in [9.17, 15) is 0 Å². The molecule has 2 rings (SSSR count). The summed E-state index contributed by atoms with van der Waals surface area (Å²) in [4.78, 5) is 2.77. The van der Waals surface area contributed by atoms with Crippen LogP contribution >= 0.6 is 0 Å². The number of rotatable bonds is 3. The number of nitrogens with one attached hydrogen (secondary N) is 1. The van der Waals surface area contributed by atoms with E-state index in [-0.39, 0.29) is 0 Å². The van der Waals surface area contributed by atoms with Gasteiger partial charge in [-0.1, -0.05) is 26.7 Å². The summed E-state index contributed by atoms with van der Waals surface area (Å²) < 4.78 is 0. The van der Waals surface area contributed by atoms with Gasteiger partial charge >= 0.3 is 0 Å². The summed E-state index contributed by atoms with van der Waals surface area (Å²) in [6.07, 6.45) is 7.31. The first-order valence-electron chi connectivity index (χ1n) is 7.22. The van der Waals surface area contributed by atoms with Crippen LogP contribution in [0.2, 0.25) is 0 Å². The molecular weight excluding hydrogens is 196 g/mol. The number of piperazine rings is 1. The van der Waals surface area contributed by atoms with E-state index in [1.165, 1.54) is 58.3 Å². The molecule has 1 aliphatic heterocycles. The molecule has 1 saturated heterocycles. The predicted molar refractivity (Wildman–Crippen MR) is 69.6 cm³/mol. The molecular formula is C14H28N2. The third kappa shape index (κ3) is 3.21. The highest BCUT2D eigenvalue weighted by Gasteiger charge is 2.30. The van der Waals surface area contributed by atoms with E-state index in [0.29, 0.717) is 0 Å². The topological polar surface area (TPSA) is 15.3 Å². The minimum atomic E-state index is 0.869. The number of hydrogen-bond acceptors (Lipinski definition) is 2. The van der Waals surface area contributed by atoms with Crippen LogP contribution in [0, 0.1) is 11.8 Å². The van der Waals surface area contributed by atoms with E-state index in [1.54, 1.807) is 0 Å². The van der Waals surface area contributed by atoms with Crippen molar-refractivity contribution in [1.82, 2.24) is 10.2 Å². The lowest BCUT2D eigenvalue weighted by Gasteiger charge is -2.42. The van der Waals surface area contributed by atoms with Gasteiger partial charge in [-0.25, -0.2) is 0 Å². The lowest BCUT2D eigenvalue weighted by molar-refractivity contribution is 0.0806. The average molecular weight is 224 g/mol. The van der Waals surface area contributed by atoms with Crippen molar-refractivity contribution in [1.29, 1.82) is 0 Å². The Morgan fingerprint density at radius 3 is 2.50 bits per heavy atom. The number of nitrogens with zero attached hydrogens (tertiary/aromatic N) is 1. The standard InChI is InChI=1S/C14H28N2/c1-12(2)11-13-5-3-4-6-14(13)16-9-7-15-8-10-16/h12-15H,3-11H2,1-2H3. The van der Waals surface area contributed by atoms with Crippen molar-refractivity contribution in [3.8, 4) is 0 Å². The Morgan fingerprint density at radius 2 is 1.81 bits per heavy atom. The zero-order chi connectivity index (χ0) is 11.4. The van der Waals surface area contributed by atoms with Crippen molar-refractivity contribution < 1.29 is 0 Å².